The summed E-state index contributed by atoms with van der Waals surface area (Å²) < 4.78 is 12.5. The average molecular weight is 1600 g/mol. The first kappa shape index (κ1) is 83.5. The van der Waals surface area contributed by atoms with Crippen molar-refractivity contribution in [2.24, 2.45) is 5.14 Å². The molecule has 0 aliphatic carbocycles. The Bertz CT molecular complexity index is 5100. The first-order valence-corrected chi connectivity index (χ1v) is 42.8. The Kier molecular flexibility index (Phi) is 27.6. The zero-order chi connectivity index (χ0) is 82.8. The molecule has 3 amide bonds. The largest absolute Gasteiger partial charge is 0.394 e. The molecule has 1 unspecified atom stereocenters. The maximum Gasteiger partial charge on any atom is 0.254 e. The second-order valence-corrected chi connectivity index (χ2v) is 33.2. The Morgan fingerprint density at radius 3 is 1.19 bits per heavy atom. The number of amides is 3. The van der Waals surface area contributed by atoms with Crippen molar-refractivity contribution in [3.63, 3.8) is 0 Å². The summed E-state index contributed by atoms with van der Waals surface area (Å²) in [4.78, 5) is 60.2. The molecule has 608 valence electrons. The summed E-state index contributed by atoms with van der Waals surface area (Å²) in [5.41, 5.74) is 16.9. The Hall–Kier alpha value is -12.4. The molecule has 22 heteroatoms. The normalized spacial score (nSPS) is 17.9. The molecule has 9 aromatic carbocycles. The van der Waals surface area contributed by atoms with Crippen LogP contribution >= 0.6 is 0 Å². The van der Waals surface area contributed by atoms with Crippen LogP contribution in [-0.4, -0.2) is 201 Å². The summed E-state index contributed by atoms with van der Waals surface area (Å²) in [5, 5.41) is 56.3. The molecule has 6 aliphatic heterocycles. The molecule has 6 aliphatic rings. The predicted molar refractivity (Wildman–Crippen MR) is 478 cm³/mol. The van der Waals surface area contributed by atoms with Crippen molar-refractivity contribution >= 4 is 84.5 Å². The number of rotatable bonds is 18. The number of piperazine rings is 3. The standard InChI is InChI=1S/C32H35N7O2S.2C32H36N4O2/c1-23-19-25(22-34)28(36-26-11-13-37(14-12-26)29-8-4-3-7-24(29)21-33)20-27(23)32(40)39-17-15-38(16-18-39)30-9-5-6-10-31(30)42(2,35)41;2*1-3-25-9-7-8-12-31(25)34-17-15-27(16-18-34)33-30-21-26(14-13-24(30)2)32(38)35-19-20-36(29(22-35)23-37)28-10-5-4-6-11-28/h3-10,19-20,26,36H,2,11-18H2,1H3,(H2,35,41);2*1,4-14,21,27,29,33,37H,15-20,22-23H2,2H3/t;2*29-/m.10/s1. The lowest BCUT2D eigenvalue weighted by molar-refractivity contribution is 0.0691. The minimum atomic E-state index is -2.88. The third-order valence-corrected chi connectivity index (χ3v) is 24.8. The Balaban J connectivity index is 0.000000154. The van der Waals surface area contributed by atoms with E-state index in [2.05, 4.69) is 125 Å². The van der Waals surface area contributed by atoms with Crippen molar-refractivity contribution in [1.29, 1.82) is 10.5 Å². The molecule has 3 atom stereocenters. The summed E-state index contributed by atoms with van der Waals surface area (Å²) in [6.45, 7) is 17.1. The summed E-state index contributed by atoms with van der Waals surface area (Å²) in [7, 11) is -2.88. The number of nitriles is 2. The van der Waals surface area contributed by atoms with Crippen LogP contribution in [0.15, 0.2) is 211 Å². The molecule has 15 rings (SSSR count). The number of aliphatic hydroxyl groups is 2. The summed E-state index contributed by atoms with van der Waals surface area (Å²) in [6, 6.07) is 72.0. The minimum Gasteiger partial charge on any atom is -0.394 e. The van der Waals surface area contributed by atoms with Gasteiger partial charge in [-0.2, -0.15) is 10.5 Å². The van der Waals surface area contributed by atoms with E-state index >= 15 is 0 Å². The number of hydrogen-bond acceptors (Lipinski definition) is 17. The molecule has 21 nitrogen and oxygen atoms in total. The van der Waals surface area contributed by atoms with Crippen LogP contribution < -0.4 is 50.5 Å². The maximum absolute atomic E-state index is 13.7. The van der Waals surface area contributed by atoms with Gasteiger partial charge in [0.05, 0.1) is 79.5 Å². The first-order valence-electron chi connectivity index (χ1n) is 41.0. The van der Waals surface area contributed by atoms with E-state index in [-0.39, 0.29) is 49.1 Å². The van der Waals surface area contributed by atoms with Gasteiger partial charge in [-0.1, -0.05) is 109 Å². The molecule has 6 heterocycles. The highest BCUT2D eigenvalue weighted by atomic mass is 32.2. The lowest BCUT2D eigenvalue weighted by Gasteiger charge is -2.42. The quantitative estimate of drug-likeness (QED) is 0.0345. The molecule has 118 heavy (non-hydrogen) atoms. The second kappa shape index (κ2) is 39.0. The fraction of sp³-hybridized carbons (Fsp3) is 0.333. The van der Waals surface area contributed by atoms with Crippen molar-refractivity contribution in [2.45, 2.75) is 94.4 Å². The molecule has 6 fully saturated rings. The Labute approximate surface area is 696 Å². The number of nitrogens with two attached hydrogens (primary N) is 1. The predicted octanol–water partition coefficient (Wildman–Crippen LogP) is 12.5. The van der Waals surface area contributed by atoms with Crippen LogP contribution in [-0.2, 0) is 9.71 Å². The van der Waals surface area contributed by atoms with Crippen LogP contribution in [0.2, 0.25) is 0 Å². The van der Waals surface area contributed by atoms with Crippen molar-refractivity contribution in [2.75, 3.05) is 163 Å². The number of carbonyl (C=O) groups excluding carboxylic acids is 3. The van der Waals surface area contributed by atoms with E-state index in [1.54, 1.807) is 18.2 Å². The van der Waals surface area contributed by atoms with E-state index in [0.29, 0.717) is 116 Å². The average Bonchev–Trinajstić information content (AvgIpc) is 0.800. The van der Waals surface area contributed by atoms with Crippen LogP contribution in [0.4, 0.5) is 51.2 Å². The van der Waals surface area contributed by atoms with E-state index in [9.17, 15) is 39.3 Å². The van der Waals surface area contributed by atoms with Crippen LogP contribution in [0, 0.1) is 68.1 Å². The molecule has 0 saturated carbocycles. The molecular formula is C96H107N15O6S. The number of carbonyl (C=O) groups is 3. The van der Waals surface area contributed by atoms with E-state index < -0.39 is 9.71 Å². The number of aryl methyl sites for hydroxylation is 3. The number of hydrogen-bond donors (Lipinski definition) is 6. The van der Waals surface area contributed by atoms with E-state index in [4.69, 9.17) is 18.0 Å². The number of para-hydroxylation sites is 6. The topological polar surface area (TPSA) is 248 Å². The molecular weight excluding hydrogens is 1490 g/mol. The van der Waals surface area contributed by atoms with Gasteiger partial charge in [0.25, 0.3) is 17.7 Å². The lowest BCUT2D eigenvalue weighted by atomic mass is 9.99. The summed E-state index contributed by atoms with van der Waals surface area (Å²) in [6.07, 6.45) is 17.1. The van der Waals surface area contributed by atoms with Gasteiger partial charge in [0.2, 0.25) is 0 Å². The van der Waals surface area contributed by atoms with Crippen LogP contribution in [0.5, 0.6) is 0 Å². The van der Waals surface area contributed by atoms with Gasteiger partial charge in [-0.05, 0) is 191 Å². The molecule has 6 saturated heterocycles. The maximum atomic E-state index is 13.7. The van der Waals surface area contributed by atoms with Crippen LogP contribution in [0.1, 0.15) is 109 Å². The highest BCUT2D eigenvalue weighted by molar-refractivity contribution is 7.98. The fourth-order valence-corrected chi connectivity index (χ4v) is 17.9. The SMILES string of the molecule is C#Cc1ccccc1N1CCC(Nc2cc(C(=O)N3CCN(c4ccccc4)[C@@H](CO)C3)ccc2C)CC1.C#Cc1ccccc1N1CCC(Nc2cc(C(=O)N3CCN(c4ccccc4)[C@H](CO)C3)ccc2C)CC1.C=S(N)(=O)c1ccccc1N1CCN(C(=O)c2cc(NC3CCN(c4ccccc4C#N)CC3)c(C#N)cc2C)CC1. The van der Waals surface area contributed by atoms with Gasteiger partial charge in [0.15, 0.2) is 0 Å². The van der Waals surface area contributed by atoms with Crippen molar-refractivity contribution in [3.8, 4) is 36.8 Å². The van der Waals surface area contributed by atoms with Gasteiger partial charge >= 0.3 is 0 Å². The molecule has 0 radical (unpaired) electrons. The van der Waals surface area contributed by atoms with Crippen LogP contribution in [0.25, 0.3) is 0 Å². The molecule has 7 N–H and O–H groups in total. The van der Waals surface area contributed by atoms with Gasteiger partial charge in [-0.15, -0.1) is 12.8 Å². The molecule has 0 spiro atoms. The highest BCUT2D eigenvalue weighted by Crippen LogP contribution is 2.34. The van der Waals surface area contributed by atoms with Gasteiger partial charge in [0, 0.05) is 173 Å². The Morgan fingerprint density at radius 1 is 0.424 bits per heavy atom. The molecule has 9 aromatic rings. The molecule has 0 aromatic heterocycles. The zero-order valence-corrected chi connectivity index (χ0v) is 68.6. The van der Waals surface area contributed by atoms with E-state index in [1.807, 2.05) is 173 Å². The number of benzene rings is 9. The smallest absolute Gasteiger partial charge is 0.254 e. The van der Waals surface area contributed by atoms with Gasteiger partial charge in [-0.3, -0.25) is 19.5 Å². The zero-order valence-electron chi connectivity index (χ0n) is 67.8. The first-order chi connectivity index (χ1) is 57.3. The number of piperidine rings is 3. The number of aliphatic hydroxyl groups excluding tert-OH is 2. The number of nitrogens with one attached hydrogen (secondary N) is 3. The Morgan fingerprint density at radius 2 is 0.788 bits per heavy atom. The van der Waals surface area contributed by atoms with Crippen molar-refractivity contribution < 1.29 is 28.8 Å². The van der Waals surface area contributed by atoms with E-state index in [1.165, 1.54) is 0 Å². The number of terminal acetylenes is 2. The molecule has 0 bridgehead atoms. The number of anilines is 9. The summed E-state index contributed by atoms with van der Waals surface area (Å²) >= 11 is 0. The number of nitrogens with zero attached hydrogens (tertiary/aromatic N) is 11. The highest BCUT2D eigenvalue weighted by Gasteiger charge is 2.34. The van der Waals surface area contributed by atoms with Crippen molar-refractivity contribution in [1.82, 2.24) is 14.7 Å². The fourth-order valence-electron chi connectivity index (χ4n) is 17.0. The third-order valence-electron chi connectivity index (χ3n) is 23.7. The van der Waals surface area contributed by atoms with Gasteiger partial charge in [-0.25, -0.2) is 4.21 Å². The van der Waals surface area contributed by atoms with E-state index in [0.717, 1.165) is 151 Å². The van der Waals surface area contributed by atoms with Gasteiger partial charge < -0.3 is 70.3 Å². The lowest BCUT2D eigenvalue weighted by Crippen LogP contribution is -2.56. The second-order valence-electron chi connectivity index (χ2n) is 31.3. The van der Waals surface area contributed by atoms with Crippen molar-refractivity contribution in [3.05, 3.63) is 262 Å². The van der Waals surface area contributed by atoms with Crippen LogP contribution in [0.3, 0.4) is 0 Å². The monoisotopic (exact) mass is 1600 g/mol. The summed E-state index contributed by atoms with van der Waals surface area (Å²) in [5.74, 6) is 9.21. The third kappa shape index (κ3) is 20.0. The minimum absolute atomic E-state index is 0.00386. The van der Waals surface area contributed by atoms with Gasteiger partial charge in [0.1, 0.15) is 12.1 Å².